The van der Waals surface area contributed by atoms with Gasteiger partial charge in [-0.2, -0.15) is 0 Å². The van der Waals surface area contributed by atoms with Crippen molar-refractivity contribution in [1.29, 1.82) is 0 Å². The van der Waals surface area contributed by atoms with Crippen LogP contribution in [0.2, 0.25) is 0 Å². The lowest BCUT2D eigenvalue weighted by molar-refractivity contribution is 0.0950. The normalized spacial score (nSPS) is 13.8. The predicted molar refractivity (Wildman–Crippen MR) is 76.3 cm³/mol. The maximum Gasteiger partial charge on any atom is 0.254 e. The molecule has 1 aliphatic rings. The highest BCUT2D eigenvalue weighted by atomic mass is 16.1. The third-order valence-electron chi connectivity index (χ3n) is 3.12. The van der Waals surface area contributed by atoms with Gasteiger partial charge >= 0.3 is 0 Å². The Morgan fingerprint density at radius 3 is 2.50 bits per heavy atom. The van der Waals surface area contributed by atoms with E-state index in [-0.39, 0.29) is 5.91 Å². The van der Waals surface area contributed by atoms with Gasteiger partial charge < -0.3 is 10.6 Å². The summed E-state index contributed by atoms with van der Waals surface area (Å²) in [5, 5.41) is 6.03. The van der Waals surface area contributed by atoms with E-state index < -0.39 is 0 Å². The Balaban J connectivity index is 1.56. The van der Waals surface area contributed by atoms with Gasteiger partial charge in [-0.1, -0.05) is 30.3 Å². The van der Waals surface area contributed by atoms with E-state index in [9.17, 15) is 4.79 Å². The molecule has 1 aliphatic carbocycles. The van der Waals surface area contributed by atoms with Crippen LogP contribution in [0.25, 0.3) is 0 Å². The first-order chi connectivity index (χ1) is 9.81. The fourth-order valence-corrected chi connectivity index (χ4v) is 1.81. The molecule has 1 aromatic carbocycles. The zero-order chi connectivity index (χ0) is 13.8. The number of nitrogens with zero attached hydrogens (tertiary/aromatic N) is 2. The summed E-state index contributed by atoms with van der Waals surface area (Å²) in [6, 6.07) is 10.3. The van der Waals surface area contributed by atoms with E-state index >= 15 is 0 Å². The molecule has 1 amide bonds. The highest BCUT2D eigenvalue weighted by Crippen LogP contribution is 2.22. The molecule has 20 heavy (non-hydrogen) atoms. The van der Waals surface area contributed by atoms with Gasteiger partial charge in [0.1, 0.15) is 0 Å². The summed E-state index contributed by atoms with van der Waals surface area (Å²) in [7, 11) is 0. The molecule has 0 bridgehead atoms. The molecule has 1 saturated carbocycles. The van der Waals surface area contributed by atoms with Crippen LogP contribution in [0.5, 0.6) is 0 Å². The highest BCUT2D eigenvalue weighted by Gasteiger charge is 2.21. The molecule has 1 aromatic heterocycles. The summed E-state index contributed by atoms with van der Waals surface area (Å²) in [4.78, 5) is 20.3. The van der Waals surface area contributed by atoms with Gasteiger partial charge in [0.25, 0.3) is 5.91 Å². The lowest BCUT2D eigenvalue weighted by Crippen LogP contribution is -2.23. The smallest absolute Gasteiger partial charge is 0.254 e. The fraction of sp³-hybridized carbons (Fsp3) is 0.267. The van der Waals surface area contributed by atoms with Gasteiger partial charge in [0.15, 0.2) is 0 Å². The van der Waals surface area contributed by atoms with Crippen molar-refractivity contribution in [1.82, 2.24) is 15.3 Å². The quantitative estimate of drug-likeness (QED) is 0.870. The molecule has 3 rings (SSSR count). The summed E-state index contributed by atoms with van der Waals surface area (Å²) >= 11 is 0. The number of aromatic nitrogens is 2. The number of carbonyl (C=O) groups excluding carboxylic acids is 1. The first kappa shape index (κ1) is 12.6. The Hall–Kier alpha value is -2.43. The third kappa shape index (κ3) is 3.32. The Morgan fingerprint density at radius 2 is 1.85 bits per heavy atom. The van der Waals surface area contributed by atoms with Crippen LogP contribution < -0.4 is 10.6 Å². The zero-order valence-corrected chi connectivity index (χ0v) is 11.0. The number of benzene rings is 1. The van der Waals surface area contributed by atoms with Crippen molar-refractivity contribution in [2.75, 3.05) is 5.32 Å². The number of amides is 1. The molecule has 0 atom stereocenters. The van der Waals surface area contributed by atoms with Crippen LogP contribution in [-0.4, -0.2) is 21.9 Å². The van der Waals surface area contributed by atoms with Gasteiger partial charge in [-0.05, 0) is 18.4 Å². The van der Waals surface area contributed by atoms with E-state index in [0.29, 0.717) is 24.1 Å². The molecule has 102 valence electrons. The van der Waals surface area contributed by atoms with Crippen molar-refractivity contribution in [3.05, 3.63) is 53.9 Å². The minimum atomic E-state index is -0.160. The number of hydrogen-bond donors (Lipinski definition) is 2. The summed E-state index contributed by atoms with van der Waals surface area (Å²) in [6.07, 6.45) is 5.45. The molecule has 0 aliphatic heterocycles. The molecular weight excluding hydrogens is 252 g/mol. The van der Waals surface area contributed by atoms with Crippen molar-refractivity contribution in [2.24, 2.45) is 0 Å². The molecule has 0 unspecified atom stereocenters. The maximum atomic E-state index is 12.0. The molecule has 0 radical (unpaired) electrons. The number of rotatable bonds is 5. The minimum absolute atomic E-state index is 0.160. The van der Waals surface area contributed by atoms with Crippen molar-refractivity contribution < 1.29 is 4.79 Å². The second-order valence-electron chi connectivity index (χ2n) is 4.88. The van der Waals surface area contributed by atoms with E-state index in [4.69, 9.17) is 0 Å². The monoisotopic (exact) mass is 268 g/mol. The van der Waals surface area contributed by atoms with Crippen molar-refractivity contribution in [2.45, 2.75) is 25.4 Å². The predicted octanol–water partition coefficient (Wildman–Crippen LogP) is 1.98. The van der Waals surface area contributed by atoms with Crippen LogP contribution in [0, 0.1) is 0 Å². The van der Waals surface area contributed by atoms with Crippen molar-refractivity contribution in [3.63, 3.8) is 0 Å². The van der Waals surface area contributed by atoms with Crippen molar-refractivity contribution in [3.8, 4) is 0 Å². The molecule has 5 nitrogen and oxygen atoms in total. The van der Waals surface area contributed by atoms with Crippen LogP contribution in [0.1, 0.15) is 28.8 Å². The summed E-state index contributed by atoms with van der Waals surface area (Å²) in [5.74, 6) is 0.430. The van der Waals surface area contributed by atoms with Crippen LogP contribution in [0.15, 0.2) is 42.7 Å². The molecule has 0 saturated heterocycles. The molecule has 5 heteroatoms. The Morgan fingerprint density at radius 1 is 1.15 bits per heavy atom. The topological polar surface area (TPSA) is 66.9 Å². The van der Waals surface area contributed by atoms with E-state index in [1.54, 1.807) is 12.4 Å². The molecular formula is C15H16N4O. The second-order valence-corrected chi connectivity index (χ2v) is 4.88. The van der Waals surface area contributed by atoms with Crippen molar-refractivity contribution >= 4 is 11.9 Å². The standard InChI is InChI=1S/C15H16N4O/c20-14(16-8-11-4-2-1-3-5-11)12-9-17-15(18-10-12)19-13-6-7-13/h1-5,9-10,13H,6-8H2,(H,16,20)(H,17,18,19). The van der Waals surface area contributed by atoms with Gasteiger partial charge in [0.2, 0.25) is 5.95 Å². The van der Waals surface area contributed by atoms with Gasteiger partial charge in [0, 0.05) is 25.0 Å². The third-order valence-corrected chi connectivity index (χ3v) is 3.12. The van der Waals surface area contributed by atoms with Crippen LogP contribution >= 0.6 is 0 Å². The minimum Gasteiger partial charge on any atom is -0.351 e. The summed E-state index contributed by atoms with van der Waals surface area (Å²) in [5.41, 5.74) is 1.54. The highest BCUT2D eigenvalue weighted by molar-refractivity contribution is 5.93. The Bertz CT molecular complexity index is 579. The average molecular weight is 268 g/mol. The second kappa shape index (κ2) is 5.69. The van der Waals surface area contributed by atoms with E-state index in [2.05, 4.69) is 20.6 Å². The molecule has 1 heterocycles. The molecule has 1 fully saturated rings. The van der Waals surface area contributed by atoms with Gasteiger partial charge in [0.05, 0.1) is 5.56 Å². The van der Waals surface area contributed by atoms with E-state index in [0.717, 1.165) is 5.56 Å². The first-order valence-corrected chi connectivity index (χ1v) is 6.72. The van der Waals surface area contributed by atoms with Crippen LogP contribution in [0.4, 0.5) is 5.95 Å². The molecule has 2 aromatic rings. The molecule has 2 N–H and O–H groups in total. The lowest BCUT2D eigenvalue weighted by atomic mass is 10.2. The number of nitrogens with one attached hydrogen (secondary N) is 2. The van der Waals surface area contributed by atoms with Gasteiger partial charge in [-0.15, -0.1) is 0 Å². The van der Waals surface area contributed by atoms with Gasteiger partial charge in [-0.25, -0.2) is 9.97 Å². The average Bonchev–Trinajstić information content (AvgIpc) is 3.31. The maximum absolute atomic E-state index is 12.0. The Kier molecular flexibility index (Phi) is 3.58. The summed E-state index contributed by atoms with van der Waals surface area (Å²) in [6.45, 7) is 0.502. The van der Waals surface area contributed by atoms with E-state index in [1.165, 1.54) is 12.8 Å². The number of carbonyl (C=O) groups is 1. The SMILES string of the molecule is O=C(NCc1ccccc1)c1cnc(NC2CC2)nc1. The van der Waals surface area contributed by atoms with Crippen LogP contribution in [0.3, 0.4) is 0 Å². The molecule has 0 spiro atoms. The first-order valence-electron chi connectivity index (χ1n) is 6.72. The zero-order valence-electron chi connectivity index (χ0n) is 11.0. The fourth-order valence-electron chi connectivity index (χ4n) is 1.81. The number of hydrogen-bond acceptors (Lipinski definition) is 4. The lowest BCUT2D eigenvalue weighted by Gasteiger charge is -2.06. The largest absolute Gasteiger partial charge is 0.351 e. The Labute approximate surface area is 117 Å². The summed E-state index contributed by atoms with van der Waals surface area (Å²) < 4.78 is 0. The number of anilines is 1. The van der Waals surface area contributed by atoms with E-state index in [1.807, 2.05) is 30.3 Å². The van der Waals surface area contributed by atoms with Gasteiger partial charge in [-0.3, -0.25) is 4.79 Å². The van der Waals surface area contributed by atoms with Crippen LogP contribution in [-0.2, 0) is 6.54 Å².